The summed E-state index contributed by atoms with van der Waals surface area (Å²) in [6, 6.07) is 29.4. The third-order valence-corrected chi connectivity index (χ3v) is 9.69. The molecule has 214 valence electrons. The number of hydrogen-bond donors (Lipinski definition) is 2. The molecule has 1 aliphatic carbocycles. The third-order valence-electron chi connectivity index (χ3n) is 8.16. The van der Waals surface area contributed by atoms with Crippen LogP contribution < -0.4 is 14.9 Å². The van der Waals surface area contributed by atoms with E-state index in [2.05, 4.69) is 10.0 Å². The average molecular weight is 581 g/mol. The van der Waals surface area contributed by atoms with E-state index in [9.17, 15) is 18.0 Å². The summed E-state index contributed by atoms with van der Waals surface area (Å²) >= 11 is 0. The molecule has 6 rings (SSSR count). The van der Waals surface area contributed by atoms with E-state index in [1.165, 1.54) is 4.90 Å². The van der Waals surface area contributed by atoms with E-state index in [-0.39, 0.29) is 4.90 Å². The molecule has 1 saturated carbocycles. The van der Waals surface area contributed by atoms with Crippen molar-refractivity contribution in [2.45, 2.75) is 48.7 Å². The van der Waals surface area contributed by atoms with Gasteiger partial charge in [0.15, 0.2) is 0 Å². The number of sulfonamides is 1. The summed E-state index contributed by atoms with van der Waals surface area (Å²) in [5, 5.41) is 4.55. The van der Waals surface area contributed by atoms with Crippen LogP contribution in [0.1, 0.15) is 43.2 Å². The van der Waals surface area contributed by atoms with Crippen LogP contribution in [0.15, 0.2) is 107 Å². The number of carbonyl (C=O) groups excluding carboxylic acids is 2. The van der Waals surface area contributed by atoms with Gasteiger partial charge in [0, 0.05) is 18.2 Å². The van der Waals surface area contributed by atoms with Crippen molar-refractivity contribution in [3.8, 4) is 0 Å². The van der Waals surface area contributed by atoms with E-state index < -0.39 is 33.5 Å². The Bertz CT molecular complexity index is 1800. The van der Waals surface area contributed by atoms with Gasteiger partial charge in [0.2, 0.25) is 22.1 Å². The van der Waals surface area contributed by atoms with Crippen molar-refractivity contribution < 1.29 is 18.0 Å². The van der Waals surface area contributed by atoms with E-state index in [0.717, 1.165) is 28.3 Å². The number of carbonyl (C=O) groups is 2. The maximum absolute atomic E-state index is 14.1. The lowest BCUT2D eigenvalue weighted by Gasteiger charge is -2.37. The quantitative estimate of drug-likeness (QED) is 0.342. The average Bonchev–Trinajstić information content (AvgIpc) is 3.12. The van der Waals surface area contributed by atoms with Crippen LogP contribution in [-0.2, 0) is 19.6 Å². The van der Waals surface area contributed by atoms with E-state index >= 15 is 0 Å². The van der Waals surface area contributed by atoms with Crippen LogP contribution in [0.25, 0.3) is 10.8 Å². The number of aliphatic imine (C=N–C) groups is 1. The topological polar surface area (TPSA) is 108 Å². The SMILES string of the molecule is CN1C(=O)C(NC(=O)C2(NS(=O)(=O)c3ccc4ccccc4c3)CCCCC2)N=C(c2ccccc2)c2ccccc21. The zero-order chi connectivity index (χ0) is 29.3. The normalized spacial score (nSPS) is 18.6. The molecule has 8 nitrogen and oxygen atoms in total. The van der Waals surface area contributed by atoms with Crippen LogP contribution in [0.2, 0.25) is 0 Å². The molecule has 0 radical (unpaired) electrons. The number of likely N-dealkylation sites (N-methyl/N-ethyl adjacent to an activating group) is 1. The molecule has 9 heteroatoms. The fourth-order valence-electron chi connectivity index (χ4n) is 5.89. The molecule has 4 aromatic carbocycles. The summed E-state index contributed by atoms with van der Waals surface area (Å²) in [7, 11) is -2.41. The van der Waals surface area contributed by atoms with Crippen LogP contribution in [0.5, 0.6) is 0 Å². The van der Waals surface area contributed by atoms with Crippen LogP contribution in [0, 0.1) is 0 Å². The monoisotopic (exact) mass is 580 g/mol. The molecule has 2 N–H and O–H groups in total. The second kappa shape index (κ2) is 11.2. The Morgan fingerprint density at radius 3 is 2.29 bits per heavy atom. The Kier molecular flexibility index (Phi) is 7.38. The van der Waals surface area contributed by atoms with Crippen LogP contribution in [0.3, 0.4) is 0 Å². The Morgan fingerprint density at radius 1 is 0.857 bits per heavy atom. The van der Waals surface area contributed by atoms with Gasteiger partial charge in [-0.05, 0) is 41.8 Å². The van der Waals surface area contributed by atoms with Gasteiger partial charge < -0.3 is 10.2 Å². The number of hydrogen-bond acceptors (Lipinski definition) is 5. The molecule has 0 bridgehead atoms. The van der Waals surface area contributed by atoms with Gasteiger partial charge in [0.05, 0.1) is 16.3 Å². The van der Waals surface area contributed by atoms with Crippen molar-refractivity contribution in [1.29, 1.82) is 0 Å². The molecular formula is C33H32N4O4S. The van der Waals surface area contributed by atoms with Crippen molar-refractivity contribution in [3.63, 3.8) is 0 Å². The van der Waals surface area contributed by atoms with E-state index in [0.29, 0.717) is 37.1 Å². The maximum atomic E-state index is 14.1. The number of rotatable bonds is 6. The first-order chi connectivity index (χ1) is 20.3. The summed E-state index contributed by atoms with van der Waals surface area (Å²) in [4.78, 5) is 34.2. The van der Waals surface area contributed by atoms with Crippen molar-refractivity contribution in [2.75, 3.05) is 11.9 Å². The zero-order valence-electron chi connectivity index (χ0n) is 23.3. The second-order valence-corrected chi connectivity index (χ2v) is 12.6. The summed E-state index contributed by atoms with van der Waals surface area (Å²) in [5.41, 5.74) is 1.40. The number of nitrogens with zero attached hydrogens (tertiary/aromatic N) is 2. The lowest BCUT2D eigenvalue weighted by atomic mass is 9.82. The van der Waals surface area contributed by atoms with E-state index in [1.807, 2.05) is 78.9 Å². The van der Waals surface area contributed by atoms with E-state index in [4.69, 9.17) is 4.99 Å². The minimum atomic E-state index is -4.07. The minimum absolute atomic E-state index is 0.0871. The van der Waals surface area contributed by atoms with Gasteiger partial charge in [-0.2, -0.15) is 4.72 Å². The molecule has 2 aliphatic rings. The molecule has 1 aliphatic heterocycles. The van der Waals surface area contributed by atoms with Gasteiger partial charge in [0.25, 0.3) is 5.91 Å². The number of benzodiazepines with no additional fused rings is 1. The highest BCUT2D eigenvalue weighted by Gasteiger charge is 2.45. The summed E-state index contributed by atoms with van der Waals surface area (Å²) in [6.07, 6.45) is 1.64. The first kappa shape index (κ1) is 27.8. The van der Waals surface area contributed by atoms with E-state index in [1.54, 1.807) is 25.2 Å². The Balaban J connectivity index is 1.35. The number of para-hydroxylation sites is 1. The molecule has 2 amide bonds. The predicted molar refractivity (Wildman–Crippen MR) is 164 cm³/mol. The summed E-state index contributed by atoms with van der Waals surface area (Å²) < 4.78 is 30.2. The number of fused-ring (bicyclic) bond motifs is 2. The highest BCUT2D eigenvalue weighted by atomic mass is 32.2. The summed E-state index contributed by atoms with van der Waals surface area (Å²) in [5.74, 6) is -0.967. The number of amides is 2. The molecule has 1 heterocycles. The molecule has 4 aromatic rings. The fraction of sp³-hybridized carbons (Fsp3) is 0.242. The molecule has 0 saturated heterocycles. The lowest BCUT2D eigenvalue weighted by Crippen LogP contribution is -2.62. The third kappa shape index (κ3) is 5.21. The number of benzene rings is 4. The standard InChI is InChI=1S/C33H32N4O4S/c1-37-28-17-9-8-16-27(28)29(24-13-4-2-5-14-24)34-30(31(37)38)35-32(39)33(20-10-3-11-21-33)36-42(40,41)26-19-18-23-12-6-7-15-25(23)22-26/h2,4-9,12-19,22,30,36H,3,10-11,20-21H2,1H3,(H,35,39). The smallest absolute Gasteiger partial charge is 0.272 e. The van der Waals surface area contributed by atoms with Gasteiger partial charge in [-0.15, -0.1) is 0 Å². The van der Waals surface area contributed by atoms with Gasteiger partial charge in [-0.25, -0.2) is 13.4 Å². The van der Waals surface area contributed by atoms with Gasteiger partial charge in [0.1, 0.15) is 5.54 Å². The largest absolute Gasteiger partial charge is 0.325 e. The predicted octanol–water partition coefficient (Wildman–Crippen LogP) is 4.78. The molecule has 1 atom stereocenters. The number of nitrogens with one attached hydrogen (secondary N) is 2. The Morgan fingerprint density at radius 2 is 1.52 bits per heavy atom. The maximum Gasteiger partial charge on any atom is 0.272 e. The van der Waals surface area contributed by atoms with Crippen molar-refractivity contribution in [2.24, 2.45) is 4.99 Å². The van der Waals surface area contributed by atoms with Gasteiger partial charge in [-0.1, -0.05) is 98.1 Å². The van der Waals surface area contributed by atoms with Crippen LogP contribution in [-0.4, -0.2) is 44.7 Å². The van der Waals surface area contributed by atoms with Crippen LogP contribution >= 0.6 is 0 Å². The first-order valence-electron chi connectivity index (χ1n) is 14.1. The molecule has 1 unspecified atom stereocenters. The molecule has 0 aromatic heterocycles. The van der Waals surface area contributed by atoms with Crippen molar-refractivity contribution in [1.82, 2.24) is 10.0 Å². The first-order valence-corrected chi connectivity index (χ1v) is 15.6. The molecule has 0 spiro atoms. The van der Waals surface area contributed by atoms with Crippen LogP contribution in [0.4, 0.5) is 5.69 Å². The summed E-state index contributed by atoms with van der Waals surface area (Å²) in [6.45, 7) is 0. The highest BCUT2D eigenvalue weighted by molar-refractivity contribution is 7.89. The van der Waals surface area contributed by atoms with Gasteiger partial charge in [-0.3, -0.25) is 9.59 Å². The highest BCUT2D eigenvalue weighted by Crippen LogP contribution is 2.32. The second-order valence-electron chi connectivity index (χ2n) is 10.9. The Labute approximate surface area is 245 Å². The van der Waals surface area contributed by atoms with Crippen molar-refractivity contribution >= 4 is 44.0 Å². The minimum Gasteiger partial charge on any atom is -0.325 e. The molecule has 42 heavy (non-hydrogen) atoms. The molecular weight excluding hydrogens is 548 g/mol. The Hall–Kier alpha value is -4.34. The molecule has 1 fully saturated rings. The zero-order valence-corrected chi connectivity index (χ0v) is 24.1. The fourth-order valence-corrected chi connectivity index (χ4v) is 7.34. The van der Waals surface area contributed by atoms with Gasteiger partial charge >= 0.3 is 0 Å². The number of anilines is 1. The lowest BCUT2D eigenvalue weighted by molar-refractivity contribution is -0.132. The van der Waals surface area contributed by atoms with Crippen molar-refractivity contribution in [3.05, 3.63) is 108 Å².